The van der Waals surface area contributed by atoms with Crippen LogP contribution in [-0.2, 0) is 0 Å². The Morgan fingerprint density at radius 3 is 2.22 bits per heavy atom. The van der Waals surface area contributed by atoms with Crippen LogP contribution >= 0.6 is 11.6 Å². The van der Waals surface area contributed by atoms with Gasteiger partial charge in [0.05, 0.1) is 11.0 Å². The summed E-state index contributed by atoms with van der Waals surface area (Å²) in [6.45, 7) is 0. The quantitative estimate of drug-likeness (QED) is 0.557. The van der Waals surface area contributed by atoms with Gasteiger partial charge in [-0.1, -0.05) is 41.9 Å². The minimum absolute atomic E-state index is 0.470. The summed E-state index contributed by atoms with van der Waals surface area (Å²) in [5, 5.41) is 21.4. The molecule has 0 saturated heterocycles. The molecule has 4 rings (SSSR count). The summed E-state index contributed by atoms with van der Waals surface area (Å²) in [7, 11) is -1.46. The number of rotatable bonds is 2. The van der Waals surface area contributed by atoms with Crippen LogP contribution in [0.3, 0.4) is 0 Å². The molecular weight excluding hydrogens is 308 g/mol. The first-order valence-electron chi connectivity index (χ1n) is 7.30. The van der Waals surface area contributed by atoms with Crippen LogP contribution in [-0.4, -0.2) is 21.7 Å². The highest BCUT2D eigenvalue weighted by atomic mass is 35.5. The zero-order valence-electron chi connectivity index (χ0n) is 12.1. The van der Waals surface area contributed by atoms with Crippen molar-refractivity contribution in [1.29, 1.82) is 0 Å². The summed E-state index contributed by atoms with van der Waals surface area (Å²) in [6.07, 6.45) is 0. The summed E-state index contributed by atoms with van der Waals surface area (Å²) in [6, 6.07) is 21.2. The lowest BCUT2D eigenvalue weighted by Crippen LogP contribution is -2.29. The van der Waals surface area contributed by atoms with Crippen LogP contribution in [0, 0.1) is 0 Å². The lowest BCUT2D eigenvalue weighted by molar-refractivity contribution is 0.426. The van der Waals surface area contributed by atoms with Crippen LogP contribution in [0.1, 0.15) is 0 Å². The third kappa shape index (κ3) is 2.32. The molecule has 0 unspecified atom stereocenters. The van der Waals surface area contributed by atoms with Crippen LogP contribution in [0.5, 0.6) is 0 Å². The molecule has 1 aromatic heterocycles. The first-order valence-corrected chi connectivity index (χ1v) is 7.68. The van der Waals surface area contributed by atoms with Gasteiger partial charge in [-0.05, 0) is 41.9 Å². The molecule has 0 atom stereocenters. The van der Waals surface area contributed by atoms with Crippen molar-refractivity contribution >= 4 is 46.0 Å². The van der Waals surface area contributed by atoms with E-state index in [0.717, 1.165) is 27.5 Å². The third-order valence-electron chi connectivity index (χ3n) is 4.08. The molecule has 23 heavy (non-hydrogen) atoms. The number of para-hydroxylation sites is 1. The van der Waals surface area contributed by atoms with Crippen molar-refractivity contribution in [1.82, 2.24) is 4.57 Å². The Hall–Kier alpha value is -2.27. The fraction of sp³-hybridized carbons (Fsp3) is 0. The predicted molar refractivity (Wildman–Crippen MR) is 95.6 cm³/mol. The minimum atomic E-state index is -1.46. The second kappa shape index (κ2) is 5.42. The van der Waals surface area contributed by atoms with Gasteiger partial charge < -0.3 is 14.6 Å². The monoisotopic (exact) mass is 321 g/mol. The van der Waals surface area contributed by atoms with Crippen molar-refractivity contribution in [2.75, 3.05) is 0 Å². The highest BCUT2D eigenvalue weighted by Gasteiger charge is 2.14. The van der Waals surface area contributed by atoms with E-state index in [0.29, 0.717) is 10.5 Å². The van der Waals surface area contributed by atoms with Gasteiger partial charge in [-0.3, -0.25) is 0 Å². The van der Waals surface area contributed by atoms with E-state index in [1.54, 1.807) is 12.1 Å². The highest BCUT2D eigenvalue weighted by Crippen LogP contribution is 2.33. The van der Waals surface area contributed by atoms with E-state index in [1.165, 1.54) is 0 Å². The number of benzene rings is 3. The van der Waals surface area contributed by atoms with Crippen molar-refractivity contribution in [3.8, 4) is 5.69 Å². The smallest absolute Gasteiger partial charge is 0.423 e. The molecule has 0 spiro atoms. The highest BCUT2D eigenvalue weighted by molar-refractivity contribution is 6.58. The lowest BCUT2D eigenvalue weighted by atomic mass is 9.80. The number of nitrogens with zero attached hydrogens (tertiary/aromatic N) is 1. The van der Waals surface area contributed by atoms with E-state index in [9.17, 15) is 10.0 Å². The summed E-state index contributed by atoms with van der Waals surface area (Å²) in [4.78, 5) is 0. The van der Waals surface area contributed by atoms with Gasteiger partial charge in [0.2, 0.25) is 0 Å². The van der Waals surface area contributed by atoms with Crippen LogP contribution < -0.4 is 5.46 Å². The van der Waals surface area contributed by atoms with E-state index in [-0.39, 0.29) is 0 Å². The summed E-state index contributed by atoms with van der Waals surface area (Å²) in [5.74, 6) is 0. The Labute approximate surface area is 138 Å². The zero-order valence-corrected chi connectivity index (χ0v) is 12.9. The molecule has 0 amide bonds. The van der Waals surface area contributed by atoms with Gasteiger partial charge in [-0.25, -0.2) is 0 Å². The molecule has 4 aromatic rings. The van der Waals surface area contributed by atoms with E-state index in [1.807, 2.05) is 42.5 Å². The van der Waals surface area contributed by atoms with Gasteiger partial charge in [0.1, 0.15) is 0 Å². The van der Waals surface area contributed by atoms with Gasteiger partial charge in [0.15, 0.2) is 0 Å². The van der Waals surface area contributed by atoms with Crippen LogP contribution in [0.4, 0.5) is 0 Å². The number of hydrogen-bond acceptors (Lipinski definition) is 2. The first kappa shape index (κ1) is 14.3. The fourth-order valence-electron chi connectivity index (χ4n) is 3.02. The van der Waals surface area contributed by atoms with Gasteiger partial charge >= 0.3 is 7.12 Å². The molecule has 5 heteroatoms. The van der Waals surface area contributed by atoms with E-state index in [4.69, 9.17) is 11.6 Å². The summed E-state index contributed by atoms with van der Waals surface area (Å²) < 4.78 is 2.15. The standard InChI is InChI=1S/C18H13BClNO2/c20-13-7-10-18-16(11-13)15-3-1-2-4-17(15)21(18)14-8-5-12(6-9-14)19(22)23/h1-11,22-23H. The maximum atomic E-state index is 9.25. The van der Waals surface area contributed by atoms with Gasteiger partial charge in [0, 0.05) is 21.5 Å². The number of halogens is 1. The van der Waals surface area contributed by atoms with Crippen molar-refractivity contribution in [2.45, 2.75) is 0 Å². The molecule has 1 heterocycles. The van der Waals surface area contributed by atoms with E-state index >= 15 is 0 Å². The van der Waals surface area contributed by atoms with Crippen molar-refractivity contribution in [3.05, 3.63) is 71.8 Å². The van der Waals surface area contributed by atoms with Crippen molar-refractivity contribution in [3.63, 3.8) is 0 Å². The third-order valence-corrected chi connectivity index (χ3v) is 4.32. The van der Waals surface area contributed by atoms with Crippen LogP contribution in [0.15, 0.2) is 66.7 Å². The maximum Gasteiger partial charge on any atom is 0.488 e. The normalized spacial score (nSPS) is 11.3. The Morgan fingerprint density at radius 1 is 0.783 bits per heavy atom. The summed E-state index contributed by atoms with van der Waals surface area (Å²) >= 11 is 6.17. The second-order valence-electron chi connectivity index (χ2n) is 5.48. The van der Waals surface area contributed by atoms with Gasteiger partial charge in [-0.2, -0.15) is 0 Å². The molecular formula is C18H13BClNO2. The molecule has 3 nitrogen and oxygen atoms in total. The second-order valence-corrected chi connectivity index (χ2v) is 5.92. The molecule has 112 valence electrons. The zero-order chi connectivity index (χ0) is 16.0. The Morgan fingerprint density at radius 2 is 1.48 bits per heavy atom. The average Bonchev–Trinajstić information content (AvgIpc) is 2.89. The van der Waals surface area contributed by atoms with Crippen molar-refractivity contribution in [2.24, 2.45) is 0 Å². The molecule has 0 saturated carbocycles. The van der Waals surface area contributed by atoms with Crippen LogP contribution in [0.2, 0.25) is 5.02 Å². The molecule has 0 radical (unpaired) electrons. The van der Waals surface area contributed by atoms with Gasteiger partial charge in [-0.15, -0.1) is 0 Å². The fourth-order valence-corrected chi connectivity index (χ4v) is 3.19. The minimum Gasteiger partial charge on any atom is -0.423 e. The SMILES string of the molecule is OB(O)c1ccc(-n2c3ccccc3c3cc(Cl)ccc32)cc1. The number of fused-ring (bicyclic) bond motifs is 3. The Balaban J connectivity index is 2.04. The topological polar surface area (TPSA) is 45.4 Å². The molecule has 0 aliphatic carbocycles. The maximum absolute atomic E-state index is 9.25. The molecule has 0 fully saturated rings. The number of aromatic nitrogens is 1. The molecule has 2 N–H and O–H groups in total. The Kier molecular flexibility index (Phi) is 3.38. The average molecular weight is 322 g/mol. The Bertz CT molecular complexity index is 1010. The van der Waals surface area contributed by atoms with Gasteiger partial charge in [0.25, 0.3) is 0 Å². The van der Waals surface area contributed by atoms with Crippen molar-refractivity contribution < 1.29 is 10.0 Å². The largest absolute Gasteiger partial charge is 0.488 e. The molecule has 0 aliphatic rings. The molecule has 3 aromatic carbocycles. The van der Waals surface area contributed by atoms with Crippen LogP contribution in [0.25, 0.3) is 27.5 Å². The lowest BCUT2D eigenvalue weighted by Gasteiger charge is -2.09. The van der Waals surface area contributed by atoms with E-state index in [2.05, 4.69) is 16.7 Å². The summed E-state index contributed by atoms with van der Waals surface area (Å²) in [5.41, 5.74) is 3.58. The first-order chi connectivity index (χ1) is 11.1. The number of hydrogen-bond donors (Lipinski definition) is 2. The predicted octanol–water partition coefficient (Wildman–Crippen LogP) is 3.12. The molecule has 0 bridgehead atoms. The van der Waals surface area contributed by atoms with E-state index < -0.39 is 7.12 Å². The molecule has 0 aliphatic heterocycles.